The molecular weight excluding hydrogens is 182 g/mol. The van der Waals surface area contributed by atoms with Gasteiger partial charge in [0.1, 0.15) is 0 Å². The Balaban J connectivity index is 1.80. The van der Waals surface area contributed by atoms with E-state index in [9.17, 15) is 0 Å². The summed E-state index contributed by atoms with van der Waals surface area (Å²) in [5.74, 6) is 0.939. The SMILES string of the molecule is CCN1CC[C@@]2(c3ccccc3)C[C@H]2C1. The molecule has 1 nitrogen and oxygen atoms in total. The lowest BCUT2D eigenvalue weighted by atomic mass is 9.87. The van der Waals surface area contributed by atoms with E-state index in [1.165, 1.54) is 32.5 Å². The minimum atomic E-state index is 0.576. The van der Waals surface area contributed by atoms with Crippen LogP contribution in [-0.4, -0.2) is 24.5 Å². The van der Waals surface area contributed by atoms with Gasteiger partial charge in [-0.05, 0) is 37.4 Å². The van der Waals surface area contributed by atoms with E-state index in [1.807, 2.05) is 0 Å². The van der Waals surface area contributed by atoms with Crippen molar-refractivity contribution in [3.05, 3.63) is 35.9 Å². The Bertz CT molecular complexity index is 346. The summed E-state index contributed by atoms with van der Waals surface area (Å²) in [4.78, 5) is 2.60. The summed E-state index contributed by atoms with van der Waals surface area (Å²) in [7, 11) is 0. The van der Waals surface area contributed by atoms with E-state index in [4.69, 9.17) is 0 Å². The minimum Gasteiger partial charge on any atom is -0.303 e. The van der Waals surface area contributed by atoms with Crippen LogP contribution in [0.3, 0.4) is 0 Å². The standard InChI is InChI=1S/C14H19N/c1-2-15-9-8-14(10-13(14)11-15)12-6-4-3-5-7-12/h3-7,13H,2,8-11H2,1H3/t13-,14-/m0/s1. The van der Waals surface area contributed by atoms with Gasteiger partial charge in [-0.3, -0.25) is 0 Å². The van der Waals surface area contributed by atoms with Crippen LogP contribution in [0.1, 0.15) is 25.3 Å². The van der Waals surface area contributed by atoms with E-state index in [0.29, 0.717) is 5.41 Å². The molecule has 0 aromatic heterocycles. The van der Waals surface area contributed by atoms with Crippen molar-refractivity contribution in [2.24, 2.45) is 5.92 Å². The first-order valence-electron chi connectivity index (χ1n) is 6.13. The first-order chi connectivity index (χ1) is 7.35. The number of fused-ring (bicyclic) bond motifs is 1. The number of likely N-dealkylation sites (tertiary alicyclic amines) is 1. The van der Waals surface area contributed by atoms with E-state index in [1.54, 1.807) is 5.56 Å². The van der Waals surface area contributed by atoms with Crippen LogP contribution < -0.4 is 0 Å². The van der Waals surface area contributed by atoms with Crippen LogP contribution in [0, 0.1) is 5.92 Å². The monoisotopic (exact) mass is 201 g/mol. The molecule has 1 heteroatoms. The number of hydrogen-bond donors (Lipinski definition) is 0. The molecule has 0 amide bonds. The summed E-state index contributed by atoms with van der Waals surface area (Å²) >= 11 is 0. The van der Waals surface area contributed by atoms with Crippen molar-refractivity contribution < 1.29 is 0 Å². The molecule has 80 valence electrons. The Labute approximate surface area is 92.1 Å². The van der Waals surface area contributed by atoms with Crippen LogP contribution in [-0.2, 0) is 5.41 Å². The maximum atomic E-state index is 2.60. The topological polar surface area (TPSA) is 3.24 Å². The fourth-order valence-electron chi connectivity index (χ4n) is 3.24. The van der Waals surface area contributed by atoms with Gasteiger partial charge in [-0.1, -0.05) is 37.3 Å². The summed E-state index contributed by atoms with van der Waals surface area (Å²) < 4.78 is 0. The molecule has 2 fully saturated rings. The van der Waals surface area contributed by atoms with Gasteiger partial charge in [0, 0.05) is 12.0 Å². The normalized spacial score (nSPS) is 34.9. The first kappa shape index (κ1) is 9.41. The summed E-state index contributed by atoms with van der Waals surface area (Å²) in [6.45, 7) is 6.12. The second-order valence-corrected chi connectivity index (χ2v) is 5.07. The van der Waals surface area contributed by atoms with E-state index >= 15 is 0 Å². The molecule has 0 N–H and O–H groups in total. The molecule has 1 aliphatic carbocycles. The van der Waals surface area contributed by atoms with Crippen molar-refractivity contribution in [1.29, 1.82) is 0 Å². The maximum absolute atomic E-state index is 2.60. The summed E-state index contributed by atoms with van der Waals surface area (Å²) in [6, 6.07) is 11.1. The number of benzene rings is 1. The third kappa shape index (κ3) is 1.41. The molecule has 1 saturated heterocycles. The van der Waals surface area contributed by atoms with Crippen LogP contribution in [0.15, 0.2) is 30.3 Å². The van der Waals surface area contributed by atoms with Gasteiger partial charge in [0.25, 0.3) is 0 Å². The molecule has 1 heterocycles. The Kier molecular flexibility index (Phi) is 2.10. The van der Waals surface area contributed by atoms with E-state index in [2.05, 4.69) is 42.2 Å². The molecule has 0 spiro atoms. The number of nitrogens with zero attached hydrogens (tertiary/aromatic N) is 1. The van der Waals surface area contributed by atoms with E-state index in [-0.39, 0.29) is 0 Å². The Morgan fingerprint density at radius 2 is 2.13 bits per heavy atom. The van der Waals surface area contributed by atoms with Crippen LogP contribution in [0.2, 0.25) is 0 Å². The smallest absolute Gasteiger partial charge is 0.00184 e. The van der Waals surface area contributed by atoms with Gasteiger partial charge in [-0.15, -0.1) is 0 Å². The van der Waals surface area contributed by atoms with Crippen molar-refractivity contribution in [2.45, 2.75) is 25.2 Å². The molecule has 1 aliphatic heterocycles. The zero-order valence-corrected chi connectivity index (χ0v) is 9.45. The summed E-state index contributed by atoms with van der Waals surface area (Å²) in [6.07, 6.45) is 2.79. The Morgan fingerprint density at radius 1 is 1.33 bits per heavy atom. The maximum Gasteiger partial charge on any atom is 0.00184 e. The van der Waals surface area contributed by atoms with Crippen molar-refractivity contribution in [1.82, 2.24) is 4.90 Å². The molecule has 2 aliphatic rings. The third-order valence-electron chi connectivity index (χ3n) is 4.38. The largest absolute Gasteiger partial charge is 0.303 e. The zero-order valence-electron chi connectivity index (χ0n) is 9.45. The van der Waals surface area contributed by atoms with Gasteiger partial charge >= 0.3 is 0 Å². The van der Waals surface area contributed by atoms with Gasteiger partial charge in [0.05, 0.1) is 0 Å². The molecule has 1 aromatic carbocycles. The Hall–Kier alpha value is -0.820. The molecule has 0 unspecified atom stereocenters. The quantitative estimate of drug-likeness (QED) is 0.711. The molecule has 15 heavy (non-hydrogen) atoms. The highest BCUT2D eigenvalue weighted by Crippen LogP contribution is 2.58. The number of piperidine rings is 1. The summed E-state index contributed by atoms with van der Waals surface area (Å²) in [5, 5.41) is 0. The molecule has 1 saturated carbocycles. The predicted molar refractivity (Wildman–Crippen MR) is 63.0 cm³/mol. The minimum absolute atomic E-state index is 0.576. The van der Waals surface area contributed by atoms with Gasteiger partial charge in [0.2, 0.25) is 0 Å². The van der Waals surface area contributed by atoms with Crippen LogP contribution in [0.4, 0.5) is 0 Å². The van der Waals surface area contributed by atoms with Crippen molar-refractivity contribution in [3.63, 3.8) is 0 Å². The van der Waals surface area contributed by atoms with Gasteiger partial charge in [-0.2, -0.15) is 0 Å². The first-order valence-corrected chi connectivity index (χ1v) is 6.13. The van der Waals surface area contributed by atoms with E-state index in [0.717, 1.165) is 5.92 Å². The lowest BCUT2D eigenvalue weighted by molar-refractivity contribution is 0.216. The number of hydrogen-bond acceptors (Lipinski definition) is 1. The van der Waals surface area contributed by atoms with Crippen LogP contribution in [0.25, 0.3) is 0 Å². The lowest BCUT2D eigenvalue weighted by Crippen LogP contribution is -2.36. The van der Waals surface area contributed by atoms with Crippen molar-refractivity contribution in [2.75, 3.05) is 19.6 Å². The van der Waals surface area contributed by atoms with Crippen molar-refractivity contribution >= 4 is 0 Å². The van der Waals surface area contributed by atoms with Gasteiger partial charge in [0.15, 0.2) is 0 Å². The second-order valence-electron chi connectivity index (χ2n) is 5.07. The molecule has 2 atom stereocenters. The summed E-state index contributed by atoms with van der Waals surface area (Å²) in [5.41, 5.74) is 2.16. The van der Waals surface area contributed by atoms with Crippen molar-refractivity contribution in [3.8, 4) is 0 Å². The Morgan fingerprint density at radius 3 is 2.80 bits per heavy atom. The highest BCUT2D eigenvalue weighted by molar-refractivity contribution is 5.34. The lowest BCUT2D eigenvalue weighted by Gasteiger charge is -2.31. The van der Waals surface area contributed by atoms with Crippen LogP contribution >= 0.6 is 0 Å². The van der Waals surface area contributed by atoms with E-state index < -0.39 is 0 Å². The van der Waals surface area contributed by atoms with Gasteiger partial charge < -0.3 is 4.90 Å². The zero-order chi connectivity index (χ0) is 10.3. The number of rotatable bonds is 2. The molecule has 3 rings (SSSR count). The molecular formula is C14H19N. The fraction of sp³-hybridized carbons (Fsp3) is 0.571. The third-order valence-corrected chi connectivity index (χ3v) is 4.38. The second kappa shape index (κ2) is 3.34. The van der Waals surface area contributed by atoms with Crippen LogP contribution in [0.5, 0.6) is 0 Å². The molecule has 0 radical (unpaired) electrons. The average Bonchev–Trinajstić information content (AvgIpc) is 3.04. The molecule has 0 bridgehead atoms. The average molecular weight is 201 g/mol. The predicted octanol–water partition coefficient (Wildman–Crippen LogP) is 2.67. The fourth-order valence-corrected chi connectivity index (χ4v) is 3.24. The highest BCUT2D eigenvalue weighted by atomic mass is 15.1. The highest BCUT2D eigenvalue weighted by Gasteiger charge is 2.56. The molecule has 1 aromatic rings. The van der Waals surface area contributed by atoms with Gasteiger partial charge in [-0.25, -0.2) is 0 Å².